The highest BCUT2D eigenvalue weighted by atomic mass is 16.1. The Morgan fingerprint density at radius 3 is 3.23 bits per heavy atom. The van der Waals surface area contributed by atoms with Gasteiger partial charge in [0.1, 0.15) is 11.4 Å². The van der Waals surface area contributed by atoms with Gasteiger partial charge in [0.15, 0.2) is 5.65 Å². The van der Waals surface area contributed by atoms with Crippen LogP contribution in [0, 0.1) is 5.92 Å². The summed E-state index contributed by atoms with van der Waals surface area (Å²) in [6.07, 6.45) is 10.8. The van der Waals surface area contributed by atoms with Crippen molar-refractivity contribution >= 4 is 11.6 Å². The van der Waals surface area contributed by atoms with Gasteiger partial charge in [0.05, 0.1) is 6.20 Å². The van der Waals surface area contributed by atoms with Gasteiger partial charge in [0, 0.05) is 44.3 Å². The molecular formula is C15H16N6O. The van der Waals surface area contributed by atoms with E-state index in [1.807, 2.05) is 12.4 Å². The van der Waals surface area contributed by atoms with E-state index in [0.29, 0.717) is 23.7 Å². The van der Waals surface area contributed by atoms with Gasteiger partial charge in [0.2, 0.25) is 0 Å². The second kappa shape index (κ2) is 5.25. The van der Waals surface area contributed by atoms with Gasteiger partial charge in [-0.2, -0.15) is 5.10 Å². The first-order chi connectivity index (χ1) is 10.8. The molecule has 1 aliphatic heterocycles. The third-order valence-electron chi connectivity index (χ3n) is 4.11. The maximum atomic E-state index is 12.3. The van der Waals surface area contributed by atoms with Gasteiger partial charge >= 0.3 is 0 Å². The molecule has 0 bridgehead atoms. The lowest BCUT2D eigenvalue weighted by atomic mass is 9.99. The predicted molar refractivity (Wildman–Crippen MR) is 79.4 cm³/mol. The third-order valence-corrected chi connectivity index (χ3v) is 4.11. The molecule has 0 spiro atoms. The van der Waals surface area contributed by atoms with Crippen molar-refractivity contribution in [1.29, 1.82) is 0 Å². The molecule has 112 valence electrons. The molecule has 0 radical (unpaired) electrons. The maximum Gasteiger partial charge on any atom is 0.256 e. The second-order valence-corrected chi connectivity index (χ2v) is 5.56. The number of rotatable bonds is 3. The SMILES string of the molecule is O=C(NC[C@H]1CCc2nccn2C1)c1cnn2cccnc12. The molecule has 7 nitrogen and oxygen atoms in total. The highest BCUT2D eigenvalue weighted by molar-refractivity contribution is 5.99. The lowest BCUT2D eigenvalue weighted by Gasteiger charge is -2.23. The summed E-state index contributed by atoms with van der Waals surface area (Å²) in [7, 11) is 0. The van der Waals surface area contributed by atoms with Gasteiger partial charge in [-0.25, -0.2) is 14.5 Å². The summed E-state index contributed by atoms with van der Waals surface area (Å²) >= 11 is 0. The van der Waals surface area contributed by atoms with Crippen molar-refractivity contribution < 1.29 is 4.79 Å². The standard InChI is InChI=1S/C15H16N6O/c22-15(12-9-19-21-6-1-4-17-14(12)21)18-8-11-2-3-13-16-5-7-20(13)10-11/h1,4-7,9,11H,2-3,8,10H2,(H,18,22)/t11-/m1/s1. The summed E-state index contributed by atoms with van der Waals surface area (Å²) in [5.74, 6) is 1.44. The number of fused-ring (bicyclic) bond motifs is 2. The van der Waals surface area contributed by atoms with E-state index in [4.69, 9.17) is 0 Å². The number of nitrogens with zero attached hydrogens (tertiary/aromatic N) is 5. The highest BCUT2D eigenvalue weighted by Crippen LogP contribution is 2.18. The molecule has 0 aromatic carbocycles. The first-order valence-corrected chi connectivity index (χ1v) is 7.38. The number of imidazole rings is 1. The van der Waals surface area contributed by atoms with Crippen LogP contribution in [0.3, 0.4) is 0 Å². The number of carbonyl (C=O) groups is 1. The van der Waals surface area contributed by atoms with E-state index in [9.17, 15) is 4.79 Å². The molecule has 3 aromatic rings. The van der Waals surface area contributed by atoms with E-state index in [2.05, 4.69) is 25.0 Å². The fourth-order valence-corrected chi connectivity index (χ4v) is 2.92. The van der Waals surface area contributed by atoms with E-state index >= 15 is 0 Å². The minimum Gasteiger partial charge on any atom is -0.352 e. The molecule has 0 saturated heterocycles. The van der Waals surface area contributed by atoms with Crippen LogP contribution in [0.25, 0.3) is 5.65 Å². The van der Waals surface area contributed by atoms with Crippen LogP contribution in [-0.2, 0) is 13.0 Å². The van der Waals surface area contributed by atoms with Crippen molar-refractivity contribution in [2.45, 2.75) is 19.4 Å². The molecule has 1 aliphatic rings. The Bertz CT molecular complexity index is 820. The van der Waals surface area contributed by atoms with Crippen molar-refractivity contribution in [1.82, 2.24) is 29.5 Å². The fourth-order valence-electron chi connectivity index (χ4n) is 2.92. The Hall–Kier alpha value is -2.70. The average Bonchev–Trinajstić information content (AvgIpc) is 3.18. The first-order valence-electron chi connectivity index (χ1n) is 7.38. The third kappa shape index (κ3) is 2.24. The average molecular weight is 296 g/mol. The lowest BCUT2D eigenvalue weighted by Crippen LogP contribution is -2.33. The number of aromatic nitrogens is 5. The Morgan fingerprint density at radius 2 is 2.27 bits per heavy atom. The fraction of sp³-hybridized carbons (Fsp3) is 0.333. The topological polar surface area (TPSA) is 77.1 Å². The lowest BCUT2D eigenvalue weighted by molar-refractivity contribution is 0.0945. The number of nitrogens with one attached hydrogen (secondary N) is 1. The van der Waals surface area contributed by atoms with Gasteiger partial charge in [-0.1, -0.05) is 0 Å². The molecule has 0 saturated carbocycles. The van der Waals surface area contributed by atoms with Crippen molar-refractivity contribution in [3.63, 3.8) is 0 Å². The van der Waals surface area contributed by atoms with E-state index < -0.39 is 0 Å². The molecule has 1 amide bonds. The zero-order valence-corrected chi connectivity index (χ0v) is 12.0. The molecule has 0 aliphatic carbocycles. The number of hydrogen-bond acceptors (Lipinski definition) is 4. The number of amides is 1. The van der Waals surface area contributed by atoms with Crippen LogP contribution in [0.15, 0.2) is 37.1 Å². The van der Waals surface area contributed by atoms with Crippen LogP contribution in [0.2, 0.25) is 0 Å². The Morgan fingerprint density at radius 1 is 1.32 bits per heavy atom. The normalized spacial score (nSPS) is 17.4. The molecule has 1 atom stereocenters. The van der Waals surface area contributed by atoms with Crippen molar-refractivity contribution in [3.05, 3.63) is 48.4 Å². The van der Waals surface area contributed by atoms with Crippen molar-refractivity contribution in [2.75, 3.05) is 6.54 Å². The van der Waals surface area contributed by atoms with Gasteiger partial charge < -0.3 is 9.88 Å². The minimum absolute atomic E-state index is 0.120. The Kier molecular flexibility index (Phi) is 3.10. The van der Waals surface area contributed by atoms with Crippen LogP contribution >= 0.6 is 0 Å². The predicted octanol–water partition coefficient (Wildman–Crippen LogP) is 0.918. The first kappa shape index (κ1) is 13.0. The van der Waals surface area contributed by atoms with Crippen LogP contribution in [-0.4, -0.2) is 36.6 Å². The zero-order chi connectivity index (χ0) is 14.9. The molecule has 3 aromatic heterocycles. The summed E-state index contributed by atoms with van der Waals surface area (Å²) in [6.45, 7) is 1.56. The Labute approximate surface area is 127 Å². The molecule has 7 heteroatoms. The molecule has 22 heavy (non-hydrogen) atoms. The number of carbonyl (C=O) groups excluding carboxylic acids is 1. The summed E-state index contributed by atoms with van der Waals surface area (Å²) in [6, 6.07) is 1.78. The van der Waals surface area contributed by atoms with E-state index in [1.165, 1.54) is 0 Å². The van der Waals surface area contributed by atoms with Crippen LogP contribution in [0.1, 0.15) is 22.6 Å². The molecular weight excluding hydrogens is 280 g/mol. The minimum atomic E-state index is -0.120. The summed E-state index contributed by atoms with van der Waals surface area (Å²) < 4.78 is 3.77. The summed E-state index contributed by atoms with van der Waals surface area (Å²) in [5, 5.41) is 7.14. The van der Waals surface area contributed by atoms with E-state index in [0.717, 1.165) is 25.2 Å². The van der Waals surface area contributed by atoms with Gasteiger partial charge in [-0.15, -0.1) is 0 Å². The molecule has 0 fully saturated rings. The maximum absolute atomic E-state index is 12.3. The van der Waals surface area contributed by atoms with Crippen molar-refractivity contribution in [2.24, 2.45) is 5.92 Å². The van der Waals surface area contributed by atoms with E-state index in [1.54, 1.807) is 29.2 Å². The van der Waals surface area contributed by atoms with Gasteiger partial charge in [-0.3, -0.25) is 4.79 Å². The molecule has 0 unspecified atom stereocenters. The summed E-state index contributed by atoms with van der Waals surface area (Å²) in [4.78, 5) is 20.9. The largest absolute Gasteiger partial charge is 0.352 e. The number of aryl methyl sites for hydroxylation is 1. The Balaban J connectivity index is 1.43. The van der Waals surface area contributed by atoms with Crippen LogP contribution in [0.5, 0.6) is 0 Å². The van der Waals surface area contributed by atoms with E-state index in [-0.39, 0.29) is 5.91 Å². The summed E-state index contributed by atoms with van der Waals surface area (Å²) in [5.41, 5.74) is 1.10. The van der Waals surface area contributed by atoms with Crippen molar-refractivity contribution in [3.8, 4) is 0 Å². The van der Waals surface area contributed by atoms with Crippen LogP contribution < -0.4 is 5.32 Å². The zero-order valence-electron chi connectivity index (χ0n) is 12.0. The van der Waals surface area contributed by atoms with Gasteiger partial charge in [0.25, 0.3) is 5.91 Å². The number of hydrogen-bond donors (Lipinski definition) is 1. The second-order valence-electron chi connectivity index (χ2n) is 5.56. The molecule has 4 rings (SSSR count). The smallest absolute Gasteiger partial charge is 0.256 e. The molecule has 1 N–H and O–H groups in total. The van der Waals surface area contributed by atoms with Gasteiger partial charge in [-0.05, 0) is 18.4 Å². The van der Waals surface area contributed by atoms with Crippen LogP contribution in [0.4, 0.5) is 0 Å². The highest BCUT2D eigenvalue weighted by Gasteiger charge is 2.20. The molecule has 4 heterocycles. The quantitative estimate of drug-likeness (QED) is 0.779. The monoisotopic (exact) mass is 296 g/mol.